The average molecular weight is 564 g/mol. The van der Waals surface area contributed by atoms with Crippen LogP contribution in [0.2, 0.25) is 0 Å². The van der Waals surface area contributed by atoms with Crippen LogP contribution >= 0.6 is 0 Å². The number of hydrogen-bond donors (Lipinski definition) is 3. The molecule has 3 aliphatic rings. The molecule has 41 heavy (non-hydrogen) atoms. The van der Waals surface area contributed by atoms with E-state index in [4.69, 9.17) is 9.90 Å². The van der Waals surface area contributed by atoms with Gasteiger partial charge in [-0.05, 0) is 41.8 Å². The van der Waals surface area contributed by atoms with E-state index in [1.54, 1.807) is 0 Å². The minimum atomic E-state index is -5.08. The standard InChI is InChI=1S/C28H27N5O.C2HF3O2/c1-32-25-5-3-2-4-22(25)28(27(32)34)17-23(28)19-8-11-21-24(16-19)30-31-26(21)18-6-9-20(10-7-18)33-14-12-29-13-15-33;3-2(4,5)1(6)7/h2-11,16,23,29H,12-15,17H2,1H3,(H,30,31);(H,6,7). The van der Waals surface area contributed by atoms with Crippen LogP contribution in [0.1, 0.15) is 23.5 Å². The van der Waals surface area contributed by atoms with Crippen molar-refractivity contribution >= 4 is 34.2 Å². The number of nitrogens with one attached hydrogen (secondary N) is 2. The molecule has 2 atom stereocenters. The number of aromatic amines is 1. The highest BCUT2D eigenvalue weighted by atomic mass is 19.4. The van der Waals surface area contributed by atoms with Crippen molar-refractivity contribution in [2.75, 3.05) is 43.0 Å². The van der Waals surface area contributed by atoms with E-state index in [2.05, 4.69) is 75.0 Å². The summed E-state index contributed by atoms with van der Waals surface area (Å²) in [6.45, 7) is 4.14. The lowest BCUT2D eigenvalue weighted by Crippen LogP contribution is -2.43. The number of nitrogens with zero attached hydrogens (tertiary/aromatic N) is 3. The van der Waals surface area contributed by atoms with Crippen molar-refractivity contribution in [2.24, 2.45) is 0 Å². The van der Waals surface area contributed by atoms with E-state index >= 15 is 0 Å². The van der Waals surface area contributed by atoms with Crippen LogP contribution in [0, 0.1) is 0 Å². The Bertz CT molecular complexity index is 1630. The lowest BCUT2D eigenvalue weighted by molar-refractivity contribution is -0.192. The minimum Gasteiger partial charge on any atom is -0.475 e. The largest absolute Gasteiger partial charge is 0.490 e. The van der Waals surface area contributed by atoms with Gasteiger partial charge in [0.05, 0.1) is 16.6 Å². The molecule has 4 aromatic rings. The van der Waals surface area contributed by atoms with Crippen LogP contribution in [0.5, 0.6) is 0 Å². The third kappa shape index (κ3) is 4.59. The third-order valence-electron chi connectivity index (χ3n) is 8.25. The number of carboxylic acids is 1. The van der Waals surface area contributed by atoms with Gasteiger partial charge in [0.1, 0.15) is 0 Å². The fraction of sp³-hybridized carbons (Fsp3) is 0.300. The molecule has 0 radical (unpaired) electrons. The van der Waals surface area contributed by atoms with Gasteiger partial charge in [0.15, 0.2) is 0 Å². The molecule has 1 aromatic heterocycles. The number of carboxylic acid groups (broad SMARTS) is 1. The van der Waals surface area contributed by atoms with Crippen molar-refractivity contribution in [3.8, 4) is 11.3 Å². The minimum absolute atomic E-state index is 0.209. The van der Waals surface area contributed by atoms with Crippen molar-refractivity contribution in [2.45, 2.75) is 23.9 Å². The van der Waals surface area contributed by atoms with Gasteiger partial charge < -0.3 is 20.2 Å². The van der Waals surface area contributed by atoms with Crippen molar-refractivity contribution in [1.82, 2.24) is 15.5 Å². The molecule has 8 nitrogen and oxygen atoms in total. The van der Waals surface area contributed by atoms with E-state index in [9.17, 15) is 18.0 Å². The predicted octanol–water partition coefficient (Wildman–Crippen LogP) is 4.67. The monoisotopic (exact) mass is 563 g/mol. The number of benzene rings is 3. The number of aliphatic carboxylic acids is 1. The number of carbonyl (C=O) groups is 2. The molecule has 1 saturated heterocycles. The molecular weight excluding hydrogens is 535 g/mol. The Morgan fingerprint density at radius 3 is 2.41 bits per heavy atom. The Hall–Kier alpha value is -4.38. The van der Waals surface area contributed by atoms with Gasteiger partial charge in [-0.2, -0.15) is 18.3 Å². The Morgan fingerprint density at radius 1 is 1.05 bits per heavy atom. The number of para-hydroxylation sites is 1. The number of halogens is 3. The molecule has 1 aliphatic carbocycles. The van der Waals surface area contributed by atoms with Crippen LogP contribution in [0.3, 0.4) is 0 Å². The number of likely N-dealkylation sites (N-methyl/N-ethyl adjacent to an activating group) is 1. The van der Waals surface area contributed by atoms with Gasteiger partial charge in [-0.15, -0.1) is 0 Å². The molecule has 1 amide bonds. The summed E-state index contributed by atoms with van der Waals surface area (Å²) in [5, 5.41) is 19.5. The first kappa shape index (κ1) is 26.8. The third-order valence-corrected chi connectivity index (χ3v) is 8.25. The Labute approximate surface area is 233 Å². The summed E-state index contributed by atoms with van der Waals surface area (Å²) in [7, 11) is 1.89. The second kappa shape index (κ2) is 9.91. The van der Waals surface area contributed by atoms with E-state index < -0.39 is 17.6 Å². The molecule has 212 valence electrons. The topological polar surface area (TPSA) is 102 Å². The van der Waals surface area contributed by atoms with E-state index in [-0.39, 0.29) is 11.8 Å². The molecule has 3 aromatic carbocycles. The van der Waals surface area contributed by atoms with Crippen LogP contribution in [0.15, 0.2) is 66.7 Å². The second-order valence-electron chi connectivity index (χ2n) is 10.6. The van der Waals surface area contributed by atoms with Crippen LogP contribution in [-0.4, -0.2) is 66.6 Å². The fourth-order valence-corrected chi connectivity index (χ4v) is 6.09. The Kier molecular flexibility index (Phi) is 6.49. The molecule has 0 bridgehead atoms. The zero-order valence-electron chi connectivity index (χ0n) is 22.2. The number of alkyl halides is 3. The van der Waals surface area contributed by atoms with Crippen molar-refractivity contribution in [1.29, 1.82) is 0 Å². The van der Waals surface area contributed by atoms with Gasteiger partial charge in [0, 0.05) is 61.5 Å². The number of piperazine rings is 1. The molecule has 2 aliphatic heterocycles. The first-order valence-electron chi connectivity index (χ1n) is 13.3. The summed E-state index contributed by atoms with van der Waals surface area (Å²) < 4.78 is 31.7. The lowest BCUT2D eigenvalue weighted by atomic mass is 9.91. The molecule has 11 heteroatoms. The molecular formula is C30H28F3N5O3. The second-order valence-corrected chi connectivity index (χ2v) is 10.6. The maximum Gasteiger partial charge on any atom is 0.490 e. The maximum atomic E-state index is 13.2. The van der Waals surface area contributed by atoms with E-state index in [1.807, 2.05) is 24.1 Å². The average Bonchev–Trinajstić information content (AvgIpc) is 3.54. The first-order valence-corrected chi connectivity index (χ1v) is 13.3. The molecule has 2 fully saturated rings. The van der Waals surface area contributed by atoms with E-state index in [0.717, 1.165) is 60.4 Å². The van der Waals surface area contributed by atoms with Crippen LogP contribution in [0.25, 0.3) is 22.2 Å². The van der Waals surface area contributed by atoms with Crippen molar-refractivity contribution in [3.63, 3.8) is 0 Å². The number of rotatable bonds is 3. The normalized spacial score (nSPS) is 21.6. The van der Waals surface area contributed by atoms with Crippen molar-refractivity contribution in [3.05, 3.63) is 77.9 Å². The Balaban J connectivity index is 0.000000387. The van der Waals surface area contributed by atoms with E-state index in [1.165, 1.54) is 16.8 Å². The summed E-state index contributed by atoms with van der Waals surface area (Å²) in [5.41, 5.74) is 7.39. The van der Waals surface area contributed by atoms with Gasteiger partial charge in [-0.1, -0.05) is 42.5 Å². The molecule has 1 spiro atoms. The summed E-state index contributed by atoms with van der Waals surface area (Å²) in [5.74, 6) is -2.33. The van der Waals surface area contributed by atoms with Gasteiger partial charge in [-0.3, -0.25) is 9.89 Å². The van der Waals surface area contributed by atoms with Gasteiger partial charge in [0.2, 0.25) is 5.91 Å². The molecule has 1 saturated carbocycles. The van der Waals surface area contributed by atoms with Crippen molar-refractivity contribution < 1.29 is 27.9 Å². The SMILES string of the molecule is CN1C(=O)C2(CC2c2ccc3c(-c4ccc(N5CCNCC5)cc4)n[nH]c3c2)c2ccccc21.O=C(O)C(F)(F)F. The number of aromatic nitrogens is 2. The van der Waals surface area contributed by atoms with Crippen LogP contribution in [-0.2, 0) is 15.0 Å². The first-order chi connectivity index (χ1) is 19.6. The number of carbonyl (C=O) groups excluding carboxylic acids is 1. The zero-order valence-corrected chi connectivity index (χ0v) is 22.2. The summed E-state index contributed by atoms with van der Waals surface area (Å²) in [4.78, 5) is 26.4. The summed E-state index contributed by atoms with van der Waals surface area (Å²) in [6, 6.07) is 23.5. The summed E-state index contributed by atoms with van der Waals surface area (Å²) in [6.07, 6.45) is -4.22. The highest BCUT2D eigenvalue weighted by Gasteiger charge is 2.66. The molecule has 7 rings (SSSR count). The highest BCUT2D eigenvalue weighted by molar-refractivity contribution is 6.11. The number of anilines is 2. The predicted molar refractivity (Wildman–Crippen MR) is 149 cm³/mol. The van der Waals surface area contributed by atoms with Crippen LogP contribution < -0.4 is 15.1 Å². The molecule has 3 N–H and O–H groups in total. The highest BCUT2D eigenvalue weighted by Crippen LogP contribution is 2.66. The molecule has 3 heterocycles. The van der Waals surface area contributed by atoms with Gasteiger partial charge >= 0.3 is 12.1 Å². The summed E-state index contributed by atoms with van der Waals surface area (Å²) >= 11 is 0. The maximum absolute atomic E-state index is 13.2. The zero-order chi connectivity index (χ0) is 28.9. The fourth-order valence-electron chi connectivity index (χ4n) is 6.09. The Morgan fingerprint density at radius 2 is 1.73 bits per heavy atom. The number of H-pyrrole nitrogens is 1. The lowest BCUT2D eigenvalue weighted by Gasteiger charge is -2.29. The smallest absolute Gasteiger partial charge is 0.475 e. The molecule has 2 unspecified atom stereocenters. The number of fused-ring (bicyclic) bond motifs is 3. The van der Waals surface area contributed by atoms with E-state index in [0.29, 0.717) is 0 Å². The quantitative estimate of drug-likeness (QED) is 0.335. The van der Waals surface area contributed by atoms with Gasteiger partial charge in [-0.25, -0.2) is 4.79 Å². The van der Waals surface area contributed by atoms with Gasteiger partial charge in [0.25, 0.3) is 0 Å². The number of amides is 1. The number of hydrogen-bond acceptors (Lipinski definition) is 5. The van der Waals surface area contributed by atoms with Crippen LogP contribution in [0.4, 0.5) is 24.5 Å².